The third-order valence-corrected chi connectivity index (χ3v) is 3.11. The summed E-state index contributed by atoms with van der Waals surface area (Å²) in [5.74, 6) is 0.152. The topological polar surface area (TPSA) is 20.3 Å². The lowest BCUT2D eigenvalue weighted by atomic mass is 10.1. The molecule has 1 heterocycles. The lowest BCUT2D eigenvalue weighted by Crippen LogP contribution is -2.22. The van der Waals surface area contributed by atoms with E-state index in [0.717, 1.165) is 28.7 Å². The van der Waals surface area contributed by atoms with E-state index in [4.69, 9.17) is 0 Å². The molecule has 68 valence electrons. The van der Waals surface area contributed by atoms with E-state index in [0.29, 0.717) is 0 Å². The maximum Gasteiger partial charge on any atom is 0.254 e. The second-order valence-corrected chi connectivity index (χ2v) is 3.94. The second kappa shape index (κ2) is 3.14. The Labute approximate surface area is 85.7 Å². The molecule has 0 N–H and O–H groups in total. The number of amides is 1. The zero-order chi connectivity index (χ0) is 9.42. The Bertz CT molecular complexity index is 362. The summed E-state index contributed by atoms with van der Waals surface area (Å²) >= 11 is 3.45. The molecule has 0 saturated carbocycles. The molecule has 3 heteroatoms. The van der Waals surface area contributed by atoms with Crippen LogP contribution in [-0.4, -0.2) is 17.4 Å². The minimum atomic E-state index is 0.152. The molecule has 1 aromatic rings. The van der Waals surface area contributed by atoms with Crippen LogP contribution in [0.25, 0.3) is 0 Å². The van der Waals surface area contributed by atoms with Crippen molar-refractivity contribution >= 4 is 21.8 Å². The lowest BCUT2D eigenvalue weighted by molar-refractivity contribution is 0.0787. The highest BCUT2D eigenvalue weighted by Gasteiger charge is 2.26. The maximum absolute atomic E-state index is 11.7. The first-order chi connectivity index (χ1) is 6.24. The summed E-state index contributed by atoms with van der Waals surface area (Å²) in [6.45, 7) is 3.52. The molecule has 0 spiro atoms. The van der Waals surface area contributed by atoms with Crippen LogP contribution in [0.3, 0.4) is 0 Å². The molecule has 0 atom stereocenters. The van der Waals surface area contributed by atoms with Crippen LogP contribution in [-0.2, 0) is 6.54 Å². The van der Waals surface area contributed by atoms with Gasteiger partial charge in [0.2, 0.25) is 0 Å². The Kier molecular flexibility index (Phi) is 2.12. The van der Waals surface area contributed by atoms with Gasteiger partial charge in [-0.15, -0.1) is 0 Å². The fourth-order valence-corrected chi connectivity index (χ4v) is 2.10. The van der Waals surface area contributed by atoms with Gasteiger partial charge in [-0.3, -0.25) is 4.79 Å². The van der Waals surface area contributed by atoms with Gasteiger partial charge in [-0.2, -0.15) is 0 Å². The molecule has 2 rings (SSSR count). The Balaban J connectivity index is 2.49. The van der Waals surface area contributed by atoms with E-state index in [1.807, 2.05) is 30.0 Å². The number of hydrogen-bond donors (Lipinski definition) is 0. The first kappa shape index (κ1) is 8.75. The zero-order valence-electron chi connectivity index (χ0n) is 7.38. The van der Waals surface area contributed by atoms with Crippen LogP contribution in [0.15, 0.2) is 22.7 Å². The molecular weight excluding hydrogens is 230 g/mol. The predicted molar refractivity (Wildman–Crippen MR) is 54.6 cm³/mol. The van der Waals surface area contributed by atoms with Gasteiger partial charge in [0, 0.05) is 23.1 Å². The van der Waals surface area contributed by atoms with E-state index < -0.39 is 0 Å². The molecule has 0 bridgehead atoms. The highest BCUT2D eigenvalue weighted by molar-refractivity contribution is 9.10. The maximum atomic E-state index is 11.7. The van der Waals surface area contributed by atoms with Crippen LogP contribution in [0, 0.1) is 0 Å². The van der Waals surface area contributed by atoms with E-state index >= 15 is 0 Å². The Hall–Kier alpha value is -0.830. The average Bonchev–Trinajstić information content (AvgIpc) is 2.45. The van der Waals surface area contributed by atoms with Gasteiger partial charge in [0.1, 0.15) is 0 Å². The van der Waals surface area contributed by atoms with Crippen LogP contribution < -0.4 is 0 Å². The molecular formula is C10H10BrNO. The standard InChI is InChI=1S/C10H10BrNO/c1-2-12-6-8-7(10(12)13)4-3-5-9(8)11/h3-5H,2,6H2,1H3. The highest BCUT2D eigenvalue weighted by Crippen LogP contribution is 2.28. The molecule has 13 heavy (non-hydrogen) atoms. The Morgan fingerprint density at radius 1 is 1.54 bits per heavy atom. The Morgan fingerprint density at radius 3 is 2.92 bits per heavy atom. The number of nitrogens with zero attached hydrogens (tertiary/aromatic N) is 1. The summed E-state index contributed by atoms with van der Waals surface area (Å²) in [5, 5.41) is 0. The van der Waals surface area contributed by atoms with E-state index in [1.54, 1.807) is 0 Å². The molecule has 1 amide bonds. The van der Waals surface area contributed by atoms with Gasteiger partial charge in [-0.05, 0) is 24.6 Å². The molecule has 2 nitrogen and oxygen atoms in total. The van der Waals surface area contributed by atoms with E-state index in [9.17, 15) is 4.79 Å². The summed E-state index contributed by atoms with van der Waals surface area (Å²) < 4.78 is 1.04. The number of hydrogen-bond acceptors (Lipinski definition) is 1. The molecule has 0 saturated heterocycles. The summed E-state index contributed by atoms with van der Waals surface area (Å²) in [6.07, 6.45) is 0. The van der Waals surface area contributed by atoms with Crippen LogP contribution >= 0.6 is 15.9 Å². The molecule has 1 aliphatic rings. The molecule has 1 aromatic carbocycles. The average molecular weight is 240 g/mol. The van der Waals surface area contributed by atoms with E-state index in [-0.39, 0.29) is 5.91 Å². The van der Waals surface area contributed by atoms with E-state index in [2.05, 4.69) is 15.9 Å². The minimum absolute atomic E-state index is 0.152. The molecule has 0 aromatic heterocycles. The third-order valence-electron chi connectivity index (χ3n) is 2.37. The van der Waals surface area contributed by atoms with Crippen LogP contribution in [0.2, 0.25) is 0 Å². The van der Waals surface area contributed by atoms with Crippen molar-refractivity contribution in [2.75, 3.05) is 6.54 Å². The fraction of sp³-hybridized carbons (Fsp3) is 0.300. The van der Waals surface area contributed by atoms with Crippen molar-refractivity contribution in [1.29, 1.82) is 0 Å². The van der Waals surface area contributed by atoms with Gasteiger partial charge in [0.15, 0.2) is 0 Å². The smallest absolute Gasteiger partial charge is 0.254 e. The van der Waals surface area contributed by atoms with Gasteiger partial charge in [-0.25, -0.2) is 0 Å². The third kappa shape index (κ3) is 1.27. The molecule has 0 radical (unpaired) electrons. The largest absolute Gasteiger partial charge is 0.335 e. The number of benzene rings is 1. The molecule has 0 aliphatic carbocycles. The number of fused-ring (bicyclic) bond motifs is 1. The monoisotopic (exact) mass is 239 g/mol. The lowest BCUT2D eigenvalue weighted by Gasteiger charge is -2.10. The highest BCUT2D eigenvalue weighted by atomic mass is 79.9. The van der Waals surface area contributed by atoms with Crippen molar-refractivity contribution in [1.82, 2.24) is 4.90 Å². The molecule has 0 unspecified atom stereocenters. The summed E-state index contributed by atoms with van der Waals surface area (Å²) in [7, 11) is 0. The fourth-order valence-electron chi connectivity index (χ4n) is 1.61. The predicted octanol–water partition coefficient (Wildman–Crippen LogP) is 2.42. The first-order valence-corrected chi connectivity index (χ1v) is 5.10. The first-order valence-electron chi connectivity index (χ1n) is 4.30. The second-order valence-electron chi connectivity index (χ2n) is 3.09. The van der Waals surface area contributed by atoms with Crippen molar-refractivity contribution in [2.45, 2.75) is 13.5 Å². The van der Waals surface area contributed by atoms with Crippen molar-refractivity contribution in [2.24, 2.45) is 0 Å². The van der Waals surface area contributed by atoms with Gasteiger partial charge >= 0.3 is 0 Å². The van der Waals surface area contributed by atoms with Gasteiger partial charge in [0.25, 0.3) is 5.91 Å². The van der Waals surface area contributed by atoms with Crippen LogP contribution in [0.1, 0.15) is 22.8 Å². The minimum Gasteiger partial charge on any atom is -0.335 e. The van der Waals surface area contributed by atoms with Gasteiger partial charge in [0.05, 0.1) is 0 Å². The normalized spacial score (nSPS) is 14.9. The molecule has 1 aliphatic heterocycles. The summed E-state index contributed by atoms with van der Waals surface area (Å²) in [4.78, 5) is 13.5. The number of halogens is 1. The van der Waals surface area contributed by atoms with Crippen molar-refractivity contribution in [3.8, 4) is 0 Å². The molecule has 0 fully saturated rings. The number of carbonyl (C=O) groups excluding carboxylic acids is 1. The number of rotatable bonds is 1. The number of carbonyl (C=O) groups is 1. The van der Waals surface area contributed by atoms with E-state index in [1.165, 1.54) is 0 Å². The van der Waals surface area contributed by atoms with Crippen molar-refractivity contribution < 1.29 is 4.79 Å². The van der Waals surface area contributed by atoms with Gasteiger partial charge < -0.3 is 4.90 Å². The zero-order valence-corrected chi connectivity index (χ0v) is 8.97. The summed E-state index contributed by atoms with van der Waals surface area (Å²) in [6, 6.07) is 5.77. The van der Waals surface area contributed by atoms with Crippen LogP contribution in [0.5, 0.6) is 0 Å². The SMILES string of the molecule is CCN1Cc2c(Br)cccc2C1=O. The quantitative estimate of drug-likeness (QED) is 0.738. The van der Waals surface area contributed by atoms with Gasteiger partial charge in [-0.1, -0.05) is 22.0 Å². The summed E-state index contributed by atoms with van der Waals surface area (Å²) in [5.41, 5.74) is 1.96. The Morgan fingerprint density at radius 2 is 2.31 bits per heavy atom. The van der Waals surface area contributed by atoms with Crippen molar-refractivity contribution in [3.63, 3.8) is 0 Å². The van der Waals surface area contributed by atoms with Crippen molar-refractivity contribution in [3.05, 3.63) is 33.8 Å². The van der Waals surface area contributed by atoms with Crippen LogP contribution in [0.4, 0.5) is 0 Å².